The average Bonchev–Trinajstić information content (AvgIpc) is 2.66. The number of benzene rings is 1. The van der Waals surface area contributed by atoms with E-state index in [0.29, 0.717) is 36.0 Å². The van der Waals surface area contributed by atoms with Gasteiger partial charge in [-0.25, -0.2) is 0 Å². The Balaban J connectivity index is 3.12. The van der Waals surface area contributed by atoms with Crippen LogP contribution >= 0.6 is 22.8 Å². The molecule has 3 unspecified atom stereocenters. The molecule has 0 saturated heterocycles. The number of hydrogen-bond acceptors (Lipinski definition) is 6. The lowest BCUT2D eigenvalue weighted by atomic mass is 10.1. The highest BCUT2D eigenvalue weighted by Crippen LogP contribution is 2.50. The van der Waals surface area contributed by atoms with Gasteiger partial charge in [-0.05, 0) is 36.0 Å². The van der Waals surface area contributed by atoms with Crippen molar-refractivity contribution in [3.63, 3.8) is 0 Å². The van der Waals surface area contributed by atoms with Crippen LogP contribution in [0, 0.1) is 0 Å². The number of unbranched alkanes of at least 4 members (excludes halogenated alkanes) is 3. The fraction of sp³-hybridized carbons (Fsp3) is 0.714. The first-order chi connectivity index (χ1) is 15.4. The third-order valence-corrected chi connectivity index (χ3v) is 8.68. The highest BCUT2D eigenvalue weighted by Gasteiger charge is 2.26. The van der Waals surface area contributed by atoms with E-state index in [-0.39, 0.29) is 38.3 Å². The van der Waals surface area contributed by atoms with Gasteiger partial charge in [-0.2, -0.15) is 0 Å². The second kappa shape index (κ2) is 14.9. The lowest BCUT2D eigenvalue weighted by Gasteiger charge is -2.17. The molecule has 3 N–H and O–H groups in total. The van der Waals surface area contributed by atoms with E-state index in [4.69, 9.17) is 13.6 Å². The van der Waals surface area contributed by atoms with Crippen LogP contribution in [0.25, 0.3) is 0 Å². The van der Waals surface area contributed by atoms with E-state index in [1.54, 1.807) is 0 Å². The van der Waals surface area contributed by atoms with Crippen LogP contribution in [0.15, 0.2) is 18.2 Å². The van der Waals surface area contributed by atoms with E-state index >= 15 is 0 Å². The van der Waals surface area contributed by atoms with E-state index in [9.17, 15) is 28.4 Å². The summed E-state index contributed by atoms with van der Waals surface area (Å²) in [5.74, 6) is 0. The van der Waals surface area contributed by atoms with Crippen LogP contribution in [0.5, 0.6) is 0 Å². The van der Waals surface area contributed by atoms with Crippen molar-refractivity contribution < 1.29 is 41.9 Å². The summed E-state index contributed by atoms with van der Waals surface area (Å²) in [5.41, 5.74) is 1.10. The standard InChI is InChI=1S/C21H39O9P3/c1-4-7-10-28-31(22,23)16-19-13-20(17-32(24,25)29-11-8-5-2)15-21(14-19)18-33(26,27)30-12-9-6-3/h13-15H,4-12,16-18H2,1-3H3,(H,22,23)(H,24,25)(H,26,27). The molecule has 0 radical (unpaired) electrons. The Labute approximate surface area is 197 Å². The Hall–Kier alpha value is -0.330. The summed E-state index contributed by atoms with van der Waals surface area (Å²) in [6.45, 7) is 6.24. The highest BCUT2D eigenvalue weighted by molar-refractivity contribution is 7.52. The molecule has 0 fully saturated rings. The maximum Gasteiger partial charge on any atom is 0.332 e. The van der Waals surface area contributed by atoms with E-state index in [1.165, 1.54) is 18.2 Å². The largest absolute Gasteiger partial charge is 0.332 e. The van der Waals surface area contributed by atoms with Crippen molar-refractivity contribution in [1.29, 1.82) is 0 Å². The fourth-order valence-corrected chi connectivity index (χ4v) is 6.45. The minimum atomic E-state index is -3.96. The molecule has 0 saturated carbocycles. The van der Waals surface area contributed by atoms with E-state index < -0.39 is 22.8 Å². The third-order valence-electron chi connectivity index (χ3n) is 4.63. The molecule has 0 spiro atoms. The second-order valence-corrected chi connectivity index (χ2v) is 13.7. The van der Waals surface area contributed by atoms with Gasteiger partial charge in [0.05, 0.1) is 38.3 Å². The summed E-state index contributed by atoms with van der Waals surface area (Å²) < 4.78 is 52.8. The maximum atomic E-state index is 12.5. The molecule has 1 aromatic rings. The molecule has 1 rings (SSSR count). The van der Waals surface area contributed by atoms with Crippen LogP contribution in [-0.2, 0) is 45.8 Å². The van der Waals surface area contributed by atoms with Gasteiger partial charge in [-0.15, -0.1) is 0 Å². The Morgan fingerprint density at radius 3 is 1.03 bits per heavy atom. The van der Waals surface area contributed by atoms with Gasteiger partial charge >= 0.3 is 22.8 Å². The summed E-state index contributed by atoms with van der Waals surface area (Å²) in [7, 11) is -11.9. The molecule has 0 amide bonds. The van der Waals surface area contributed by atoms with Crippen molar-refractivity contribution >= 4 is 22.8 Å². The van der Waals surface area contributed by atoms with Crippen LogP contribution in [0.1, 0.15) is 76.0 Å². The average molecular weight is 528 g/mol. The topological polar surface area (TPSA) is 140 Å². The van der Waals surface area contributed by atoms with Gasteiger partial charge in [0.25, 0.3) is 0 Å². The van der Waals surface area contributed by atoms with Gasteiger partial charge in [-0.1, -0.05) is 58.2 Å². The minimum absolute atomic E-state index is 0.144. The molecule has 12 heteroatoms. The summed E-state index contributed by atoms with van der Waals surface area (Å²) in [5, 5.41) is 0. The summed E-state index contributed by atoms with van der Waals surface area (Å²) in [4.78, 5) is 30.6. The lowest BCUT2D eigenvalue weighted by molar-refractivity contribution is 0.253. The van der Waals surface area contributed by atoms with Gasteiger partial charge in [0.15, 0.2) is 0 Å². The normalized spacial score (nSPS) is 17.3. The Bertz CT molecular complexity index is 738. The number of hydrogen-bond donors (Lipinski definition) is 3. The van der Waals surface area contributed by atoms with E-state index in [2.05, 4.69) is 0 Å². The molecule has 0 aliphatic heterocycles. The zero-order valence-electron chi connectivity index (χ0n) is 19.9. The molecule has 33 heavy (non-hydrogen) atoms. The van der Waals surface area contributed by atoms with Crippen LogP contribution in [0.3, 0.4) is 0 Å². The first-order valence-corrected chi connectivity index (χ1v) is 16.7. The summed E-state index contributed by atoms with van der Waals surface area (Å²) in [6, 6.07) is 4.59. The monoisotopic (exact) mass is 528 g/mol. The van der Waals surface area contributed by atoms with Crippen molar-refractivity contribution in [2.45, 2.75) is 77.8 Å². The van der Waals surface area contributed by atoms with Gasteiger partial charge < -0.3 is 28.3 Å². The van der Waals surface area contributed by atoms with Crippen LogP contribution in [-0.4, -0.2) is 34.5 Å². The molecule has 0 aromatic heterocycles. The van der Waals surface area contributed by atoms with Crippen molar-refractivity contribution in [2.24, 2.45) is 0 Å². The Morgan fingerprint density at radius 1 is 0.576 bits per heavy atom. The zero-order valence-corrected chi connectivity index (χ0v) is 22.5. The minimum Gasteiger partial charge on any atom is -0.324 e. The quantitative estimate of drug-likeness (QED) is 0.150. The van der Waals surface area contributed by atoms with E-state index in [0.717, 1.165) is 19.3 Å². The molecule has 9 nitrogen and oxygen atoms in total. The lowest BCUT2D eigenvalue weighted by Crippen LogP contribution is -2.02. The van der Waals surface area contributed by atoms with Gasteiger partial charge in [0.2, 0.25) is 0 Å². The smallest absolute Gasteiger partial charge is 0.324 e. The Morgan fingerprint density at radius 2 is 0.818 bits per heavy atom. The second-order valence-electron chi connectivity index (χ2n) is 8.10. The van der Waals surface area contributed by atoms with Crippen molar-refractivity contribution in [2.75, 3.05) is 19.8 Å². The predicted octanol–water partition coefficient (Wildman–Crippen LogP) is 6.19. The molecule has 0 heterocycles. The molecule has 3 atom stereocenters. The molecule has 0 aliphatic carbocycles. The molecule has 192 valence electrons. The van der Waals surface area contributed by atoms with Crippen LogP contribution in [0.2, 0.25) is 0 Å². The zero-order chi connectivity index (χ0) is 25.0. The van der Waals surface area contributed by atoms with E-state index in [1.807, 2.05) is 20.8 Å². The van der Waals surface area contributed by atoms with Gasteiger partial charge in [0, 0.05) is 0 Å². The van der Waals surface area contributed by atoms with Gasteiger partial charge in [-0.3, -0.25) is 13.7 Å². The molecular formula is C21H39O9P3. The molecule has 1 aromatic carbocycles. The van der Waals surface area contributed by atoms with Crippen molar-refractivity contribution in [1.82, 2.24) is 0 Å². The summed E-state index contributed by atoms with van der Waals surface area (Å²) in [6.07, 6.45) is 3.39. The predicted molar refractivity (Wildman–Crippen MR) is 130 cm³/mol. The van der Waals surface area contributed by atoms with Crippen molar-refractivity contribution in [3.8, 4) is 0 Å². The molecule has 0 aliphatic rings. The summed E-state index contributed by atoms with van der Waals surface area (Å²) >= 11 is 0. The van der Waals surface area contributed by atoms with Crippen molar-refractivity contribution in [3.05, 3.63) is 34.9 Å². The number of rotatable bonds is 18. The van der Waals surface area contributed by atoms with Crippen LogP contribution in [0.4, 0.5) is 0 Å². The van der Waals surface area contributed by atoms with Gasteiger partial charge in [0.1, 0.15) is 0 Å². The fourth-order valence-electron chi connectivity index (χ4n) is 3.00. The molecule has 0 bridgehead atoms. The molecular weight excluding hydrogens is 489 g/mol. The first kappa shape index (κ1) is 30.7. The maximum absolute atomic E-state index is 12.5. The van der Waals surface area contributed by atoms with Crippen LogP contribution < -0.4 is 0 Å². The highest BCUT2D eigenvalue weighted by atomic mass is 31.2. The first-order valence-electron chi connectivity index (χ1n) is 11.4. The third kappa shape index (κ3) is 14.0. The Kier molecular flexibility index (Phi) is 13.9. The SMILES string of the molecule is CCCCOP(=O)(O)Cc1cc(CP(=O)(O)OCCCC)cc(CP(=O)(O)OCCCC)c1.